The SMILES string of the molecule is CNC(=O)CCNCc1ccc(-c2cccc(-c3cccc4c3CCC4)c2Cl)nc1OC. The van der Waals surface area contributed by atoms with Crippen LogP contribution in [-0.2, 0) is 24.2 Å². The van der Waals surface area contributed by atoms with E-state index in [1.54, 1.807) is 14.2 Å². The minimum Gasteiger partial charge on any atom is -0.481 e. The van der Waals surface area contributed by atoms with Crippen molar-refractivity contribution in [2.45, 2.75) is 32.2 Å². The van der Waals surface area contributed by atoms with E-state index in [0.29, 0.717) is 30.4 Å². The highest BCUT2D eigenvalue weighted by molar-refractivity contribution is 6.36. The number of pyridine rings is 1. The van der Waals surface area contributed by atoms with Crippen molar-refractivity contribution in [1.82, 2.24) is 15.6 Å². The number of hydrogen-bond acceptors (Lipinski definition) is 4. The second-order valence-corrected chi connectivity index (χ2v) is 8.31. The highest BCUT2D eigenvalue weighted by atomic mass is 35.5. The molecule has 1 aliphatic carbocycles. The van der Waals surface area contributed by atoms with Gasteiger partial charge in [0.05, 0.1) is 17.8 Å². The van der Waals surface area contributed by atoms with E-state index in [9.17, 15) is 4.79 Å². The summed E-state index contributed by atoms with van der Waals surface area (Å²) in [4.78, 5) is 16.1. The number of carbonyl (C=O) groups excluding carboxylic acids is 1. The van der Waals surface area contributed by atoms with Crippen LogP contribution in [-0.4, -0.2) is 31.6 Å². The molecular formula is C26H28ClN3O2. The number of nitrogens with zero attached hydrogens (tertiary/aromatic N) is 1. The largest absolute Gasteiger partial charge is 0.481 e. The summed E-state index contributed by atoms with van der Waals surface area (Å²) in [5.74, 6) is 0.563. The number of benzene rings is 2. The highest BCUT2D eigenvalue weighted by Crippen LogP contribution is 2.40. The number of fused-ring (bicyclic) bond motifs is 1. The summed E-state index contributed by atoms with van der Waals surface area (Å²) in [5, 5.41) is 6.59. The van der Waals surface area contributed by atoms with E-state index >= 15 is 0 Å². The van der Waals surface area contributed by atoms with Crippen molar-refractivity contribution in [3.8, 4) is 28.3 Å². The molecule has 0 radical (unpaired) electrons. The Morgan fingerprint density at radius 3 is 2.66 bits per heavy atom. The highest BCUT2D eigenvalue weighted by Gasteiger charge is 2.19. The quantitative estimate of drug-likeness (QED) is 0.485. The first kappa shape index (κ1) is 22.3. The van der Waals surface area contributed by atoms with Gasteiger partial charge in [-0.3, -0.25) is 4.79 Å². The maximum atomic E-state index is 11.4. The van der Waals surface area contributed by atoms with Crippen molar-refractivity contribution in [3.63, 3.8) is 0 Å². The Morgan fingerprint density at radius 1 is 1.06 bits per heavy atom. The van der Waals surface area contributed by atoms with Gasteiger partial charge >= 0.3 is 0 Å². The van der Waals surface area contributed by atoms with Gasteiger partial charge in [-0.2, -0.15) is 0 Å². The van der Waals surface area contributed by atoms with Crippen LogP contribution >= 0.6 is 11.6 Å². The predicted molar refractivity (Wildman–Crippen MR) is 129 cm³/mol. The van der Waals surface area contributed by atoms with Crippen LogP contribution in [0.4, 0.5) is 0 Å². The summed E-state index contributed by atoms with van der Waals surface area (Å²) in [7, 11) is 3.25. The molecule has 5 nitrogen and oxygen atoms in total. The van der Waals surface area contributed by atoms with Gasteiger partial charge in [-0.15, -0.1) is 0 Å². The summed E-state index contributed by atoms with van der Waals surface area (Å²) in [6, 6.07) is 16.6. The average Bonchev–Trinajstić information content (AvgIpc) is 3.31. The van der Waals surface area contributed by atoms with Crippen molar-refractivity contribution >= 4 is 17.5 Å². The fraction of sp³-hybridized carbons (Fsp3) is 0.308. The number of methoxy groups -OCH3 is 1. The lowest BCUT2D eigenvalue weighted by Gasteiger charge is -2.15. The second kappa shape index (κ2) is 10.2. The molecule has 4 rings (SSSR count). The first-order valence-electron chi connectivity index (χ1n) is 11.0. The zero-order chi connectivity index (χ0) is 22.5. The Morgan fingerprint density at radius 2 is 1.84 bits per heavy atom. The third-order valence-electron chi connectivity index (χ3n) is 5.97. The molecule has 0 saturated heterocycles. The van der Waals surface area contributed by atoms with E-state index < -0.39 is 0 Å². The van der Waals surface area contributed by atoms with E-state index in [-0.39, 0.29) is 5.91 Å². The van der Waals surface area contributed by atoms with Crippen LogP contribution in [0.1, 0.15) is 29.5 Å². The Hall–Kier alpha value is -2.89. The van der Waals surface area contributed by atoms with E-state index in [1.807, 2.05) is 24.3 Å². The number of ether oxygens (including phenoxy) is 1. The number of aryl methyl sites for hydroxylation is 1. The second-order valence-electron chi connectivity index (χ2n) is 7.93. The number of hydrogen-bond donors (Lipinski definition) is 2. The zero-order valence-corrected chi connectivity index (χ0v) is 19.3. The van der Waals surface area contributed by atoms with Crippen LogP contribution in [0.15, 0.2) is 48.5 Å². The third-order valence-corrected chi connectivity index (χ3v) is 6.37. The predicted octanol–water partition coefficient (Wildman–Crippen LogP) is 4.79. The van der Waals surface area contributed by atoms with Crippen LogP contribution < -0.4 is 15.4 Å². The summed E-state index contributed by atoms with van der Waals surface area (Å²) in [6.07, 6.45) is 3.86. The molecule has 32 heavy (non-hydrogen) atoms. The molecule has 1 amide bonds. The Labute approximate surface area is 194 Å². The molecule has 0 atom stereocenters. The van der Waals surface area contributed by atoms with Crippen molar-refractivity contribution in [3.05, 3.63) is 70.2 Å². The smallest absolute Gasteiger partial charge is 0.221 e. The molecule has 0 spiro atoms. The van der Waals surface area contributed by atoms with Gasteiger partial charge in [-0.25, -0.2) is 4.98 Å². The van der Waals surface area contributed by atoms with Gasteiger partial charge in [0.25, 0.3) is 0 Å². The number of aromatic nitrogens is 1. The van der Waals surface area contributed by atoms with Crippen LogP contribution in [0.3, 0.4) is 0 Å². The van der Waals surface area contributed by atoms with Crippen LogP contribution in [0, 0.1) is 0 Å². The molecular weight excluding hydrogens is 422 g/mol. The maximum Gasteiger partial charge on any atom is 0.221 e. The fourth-order valence-electron chi connectivity index (χ4n) is 4.29. The van der Waals surface area contributed by atoms with Crippen molar-refractivity contribution in [1.29, 1.82) is 0 Å². The van der Waals surface area contributed by atoms with Crippen molar-refractivity contribution < 1.29 is 9.53 Å². The van der Waals surface area contributed by atoms with E-state index in [1.165, 1.54) is 23.1 Å². The summed E-state index contributed by atoms with van der Waals surface area (Å²) in [5.41, 5.74) is 7.69. The summed E-state index contributed by atoms with van der Waals surface area (Å²) >= 11 is 6.93. The molecule has 2 N–H and O–H groups in total. The molecule has 0 unspecified atom stereocenters. The number of carbonyl (C=O) groups is 1. The normalized spacial score (nSPS) is 12.5. The topological polar surface area (TPSA) is 63.2 Å². The number of nitrogens with one attached hydrogen (secondary N) is 2. The van der Waals surface area contributed by atoms with Gasteiger partial charge in [0.2, 0.25) is 11.8 Å². The Bertz CT molecular complexity index is 1130. The number of amides is 1. The van der Waals surface area contributed by atoms with Crippen LogP contribution in [0.5, 0.6) is 5.88 Å². The Kier molecular flexibility index (Phi) is 7.08. The van der Waals surface area contributed by atoms with Gasteiger partial charge in [0.15, 0.2) is 0 Å². The zero-order valence-electron chi connectivity index (χ0n) is 18.5. The van der Waals surface area contributed by atoms with E-state index in [0.717, 1.165) is 35.2 Å². The first-order valence-corrected chi connectivity index (χ1v) is 11.4. The van der Waals surface area contributed by atoms with Gasteiger partial charge in [-0.1, -0.05) is 54.1 Å². The molecule has 1 heterocycles. The van der Waals surface area contributed by atoms with Gasteiger partial charge in [0, 0.05) is 43.2 Å². The summed E-state index contributed by atoms with van der Waals surface area (Å²) in [6.45, 7) is 1.15. The molecule has 1 aromatic heterocycles. The molecule has 166 valence electrons. The van der Waals surface area contributed by atoms with E-state index in [2.05, 4.69) is 34.9 Å². The third kappa shape index (κ3) is 4.64. The molecule has 2 aromatic carbocycles. The molecule has 6 heteroatoms. The lowest BCUT2D eigenvalue weighted by molar-refractivity contribution is -0.120. The maximum absolute atomic E-state index is 11.4. The summed E-state index contributed by atoms with van der Waals surface area (Å²) < 4.78 is 5.55. The van der Waals surface area contributed by atoms with E-state index in [4.69, 9.17) is 21.3 Å². The number of rotatable bonds is 8. The lowest BCUT2D eigenvalue weighted by Crippen LogP contribution is -2.24. The lowest BCUT2D eigenvalue weighted by atomic mass is 9.95. The number of halogens is 1. The Balaban J connectivity index is 1.60. The molecule has 0 fully saturated rings. The molecule has 0 aliphatic heterocycles. The molecule has 0 saturated carbocycles. The average molecular weight is 450 g/mol. The fourth-order valence-corrected chi connectivity index (χ4v) is 4.62. The minimum absolute atomic E-state index is 0.0107. The van der Waals surface area contributed by atoms with Crippen LogP contribution in [0.25, 0.3) is 22.4 Å². The van der Waals surface area contributed by atoms with Crippen molar-refractivity contribution in [2.24, 2.45) is 0 Å². The molecule has 0 bridgehead atoms. The molecule has 3 aromatic rings. The monoisotopic (exact) mass is 449 g/mol. The van der Waals surface area contributed by atoms with Gasteiger partial charge in [0.1, 0.15) is 0 Å². The van der Waals surface area contributed by atoms with Gasteiger partial charge in [-0.05, 0) is 42.0 Å². The van der Waals surface area contributed by atoms with Gasteiger partial charge < -0.3 is 15.4 Å². The molecule has 1 aliphatic rings. The first-order chi connectivity index (χ1) is 15.6. The standard InChI is InChI=1S/C26H28ClN3O2/c1-28-24(31)14-15-29-16-18-12-13-23(30-26(18)32-2)22-11-5-10-21(25(22)27)20-9-4-7-17-6-3-8-19(17)20/h4-5,7,9-13,29H,3,6,8,14-16H2,1-2H3,(H,28,31). The minimum atomic E-state index is 0.0107. The van der Waals surface area contributed by atoms with Crippen molar-refractivity contribution in [2.75, 3.05) is 20.7 Å². The van der Waals surface area contributed by atoms with Crippen LogP contribution in [0.2, 0.25) is 5.02 Å².